The molecule has 0 radical (unpaired) electrons. The minimum absolute atomic E-state index is 0.00467. The molecule has 266 valence electrons. The van der Waals surface area contributed by atoms with Gasteiger partial charge in [0.1, 0.15) is 11.2 Å². The fraction of sp³-hybridized carbons (Fsp3) is 0.204. The molecule has 0 unspecified atom stereocenters. The van der Waals surface area contributed by atoms with Gasteiger partial charge in [0.25, 0.3) is 0 Å². The number of hydrogen-bond donors (Lipinski definition) is 0. The van der Waals surface area contributed by atoms with E-state index >= 15 is 0 Å². The SMILES string of the molecule is C=C/C=C\c1c(C)n(-c2cccc(-c3nc(-c4ccccc4)nc(-c4cccc5oc6ccccc6c45)n3)c2)c2cc3c(cc12)C(C)(C)C(C)(C)C3(C)C. The van der Waals surface area contributed by atoms with E-state index < -0.39 is 0 Å². The summed E-state index contributed by atoms with van der Waals surface area (Å²) in [6.07, 6.45) is 6.08. The Morgan fingerprint density at radius 3 is 2.02 bits per heavy atom. The Morgan fingerprint density at radius 1 is 0.630 bits per heavy atom. The van der Waals surface area contributed by atoms with Crippen molar-refractivity contribution >= 4 is 38.9 Å². The van der Waals surface area contributed by atoms with Gasteiger partial charge in [-0.05, 0) is 70.7 Å². The van der Waals surface area contributed by atoms with Crippen LogP contribution in [0, 0.1) is 12.3 Å². The predicted octanol–water partition coefficient (Wildman–Crippen LogP) is 12.8. The van der Waals surface area contributed by atoms with Crippen molar-refractivity contribution in [1.82, 2.24) is 19.5 Å². The highest BCUT2D eigenvalue weighted by atomic mass is 16.3. The van der Waals surface area contributed by atoms with Crippen molar-refractivity contribution in [3.63, 3.8) is 0 Å². The van der Waals surface area contributed by atoms with E-state index in [0.717, 1.165) is 44.3 Å². The third-order valence-corrected chi connectivity index (χ3v) is 12.9. The molecule has 3 aromatic heterocycles. The van der Waals surface area contributed by atoms with Gasteiger partial charge in [-0.3, -0.25) is 0 Å². The number of allylic oxidation sites excluding steroid dienone is 2. The molecule has 5 heteroatoms. The molecule has 0 amide bonds. The monoisotopic (exact) mass is 704 g/mol. The normalized spacial score (nSPS) is 15.8. The number of fused-ring (bicyclic) bond motifs is 5. The summed E-state index contributed by atoms with van der Waals surface area (Å²) >= 11 is 0. The molecule has 5 aromatic carbocycles. The number of para-hydroxylation sites is 1. The van der Waals surface area contributed by atoms with Gasteiger partial charge < -0.3 is 8.98 Å². The number of furan rings is 1. The van der Waals surface area contributed by atoms with E-state index in [-0.39, 0.29) is 16.2 Å². The highest BCUT2D eigenvalue weighted by Gasteiger charge is 2.57. The second-order valence-corrected chi connectivity index (χ2v) is 16.2. The van der Waals surface area contributed by atoms with Crippen LogP contribution >= 0.6 is 0 Å². The zero-order valence-electron chi connectivity index (χ0n) is 32.0. The molecule has 0 bridgehead atoms. The average Bonchev–Trinajstić information content (AvgIpc) is 3.73. The van der Waals surface area contributed by atoms with E-state index in [1.54, 1.807) is 0 Å². The third kappa shape index (κ3) is 4.80. The van der Waals surface area contributed by atoms with Crippen molar-refractivity contribution < 1.29 is 4.42 Å². The van der Waals surface area contributed by atoms with Crippen molar-refractivity contribution in [2.24, 2.45) is 5.41 Å². The summed E-state index contributed by atoms with van der Waals surface area (Å²) in [4.78, 5) is 15.4. The molecule has 0 saturated heterocycles. The van der Waals surface area contributed by atoms with Crippen molar-refractivity contribution in [2.75, 3.05) is 0 Å². The van der Waals surface area contributed by atoms with E-state index in [9.17, 15) is 0 Å². The van der Waals surface area contributed by atoms with Crippen molar-refractivity contribution in [3.8, 4) is 39.9 Å². The van der Waals surface area contributed by atoms with Gasteiger partial charge in [0.05, 0.1) is 5.52 Å². The molecule has 9 rings (SSSR count). The smallest absolute Gasteiger partial charge is 0.164 e. The predicted molar refractivity (Wildman–Crippen MR) is 224 cm³/mol. The maximum Gasteiger partial charge on any atom is 0.164 e. The Morgan fingerprint density at radius 2 is 1.26 bits per heavy atom. The van der Waals surface area contributed by atoms with Crippen LogP contribution in [-0.2, 0) is 10.8 Å². The Kier molecular flexibility index (Phi) is 7.48. The number of benzene rings is 5. The Labute approximate surface area is 316 Å². The molecule has 1 aliphatic rings. The second kappa shape index (κ2) is 12.0. The summed E-state index contributed by atoms with van der Waals surface area (Å²) in [5, 5.41) is 3.27. The van der Waals surface area contributed by atoms with Crippen LogP contribution in [-0.4, -0.2) is 19.5 Å². The lowest BCUT2D eigenvalue weighted by molar-refractivity contribution is 0.125. The Hall–Kier alpha value is -6.07. The fourth-order valence-corrected chi connectivity index (χ4v) is 8.77. The molecule has 0 atom stereocenters. The van der Waals surface area contributed by atoms with Gasteiger partial charge in [-0.2, -0.15) is 0 Å². The van der Waals surface area contributed by atoms with Crippen LogP contribution in [0.4, 0.5) is 0 Å². The minimum atomic E-state index is -0.0275. The van der Waals surface area contributed by atoms with Crippen LogP contribution in [0.2, 0.25) is 0 Å². The summed E-state index contributed by atoms with van der Waals surface area (Å²) in [5.74, 6) is 1.83. The summed E-state index contributed by atoms with van der Waals surface area (Å²) < 4.78 is 8.66. The first-order chi connectivity index (χ1) is 25.9. The van der Waals surface area contributed by atoms with Gasteiger partial charge in [0.2, 0.25) is 0 Å². The van der Waals surface area contributed by atoms with Gasteiger partial charge in [-0.25, -0.2) is 15.0 Å². The zero-order chi connectivity index (χ0) is 37.6. The lowest BCUT2D eigenvalue weighted by Crippen LogP contribution is -2.42. The van der Waals surface area contributed by atoms with Crippen LogP contribution in [0.1, 0.15) is 63.9 Å². The minimum Gasteiger partial charge on any atom is -0.456 e. The van der Waals surface area contributed by atoms with Gasteiger partial charge in [-0.15, -0.1) is 0 Å². The first kappa shape index (κ1) is 33.7. The molecule has 0 saturated carbocycles. The van der Waals surface area contributed by atoms with Crippen LogP contribution < -0.4 is 0 Å². The van der Waals surface area contributed by atoms with Crippen molar-refractivity contribution in [1.29, 1.82) is 0 Å². The largest absolute Gasteiger partial charge is 0.456 e. The van der Waals surface area contributed by atoms with Gasteiger partial charge in [-0.1, -0.05) is 139 Å². The summed E-state index contributed by atoms with van der Waals surface area (Å²) in [6, 6.07) is 37.8. The molecule has 8 aromatic rings. The quantitative estimate of drug-likeness (QED) is 0.162. The van der Waals surface area contributed by atoms with Gasteiger partial charge in [0.15, 0.2) is 17.5 Å². The third-order valence-electron chi connectivity index (χ3n) is 12.9. The number of hydrogen-bond acceptors (Lipinski definition) is 4. The molecule has 5 nitrogen and oxygen atoms in total. The average molecular weight is 705 g/mol. The van der Waals surface area contributed by atoms with Crippen molar-refractivity contribution in [2.45, 2.75) is 59.3 Å². The zero-order valence-corrected chi connectivity index (χ0v) is 32.0. The highest BCUT2D eigenvalue weighted by molar-refractivity contribution is 6.11. The molecule has 3 heterocycles. The van der Waals surface area contributed by atoms with E-state index in [1.807, 2.05) is 72.8 Å². The lowest BCUT2D eigenvalue weighted by atomic mass is 9.59. The molecule has 0 fully saturated rings. The molecule has 54 heavy (non-hydrogen) atoms. The van der Waals surface area contributed by atoms with Crippen LogP contribution in [0.15, 0.2) is 132 Å². The number of rotatable bonds is 6. The molecule has 0 spiro atoms. The highest BCUT2D eigenvalue weighted by Crippen LogP contribution is 2.62. The first-order valence-electron chi connectivity index (χ1n) is 18.7. The van der Waals surface area contributed by atoms with Crippen LogP contribution in [0.5, 0.6) is 0 Å². The van der Waals surface area contributed by atoms with E-state index in [4.69, 9.17) is 19.4 Å². The molecule has 0 aliphatic heterocycles. The molecular formula is C49H44N4O. The summed E-state index contributed by atoms with van der Waals surface area (Å²) in [7, 11) is 0. The molecule has 1 aliphatic carbocycles. The Bertz CT molecular complexity index is 2830. The maximum absolute atomic E-state index is 6.26. The molecular weight excluding hydrogens is 661 g/mol. The summed E-state index contributed by atoms with van der Waals surface area (Å²) in [6.45, 7) is 20.6. The van der Waals surface area contributed by atoms with Crippen LogP contribution in [0.3, 0.4) is 0 Å². The van der Waals surface area contributed by atoms with E-state index in [2.05, 4.69) is 114 Å². The van der Waals surface area contributed by atoms with E-state index in [0.29, 0.717) is 17.5 Å². The van der Waals surface area contributed by atoms with Crippen LogP contribution in [0.25, 0.3) is 78.8 Å². The van der Waals surface area contributed by atoms with Gasteiger partial charge >= 0.3 is 0 Å². The number of nitrogens with zero attached hydrogens (tertiary/aromatic N) is 4. The molecule has 0 N–H and O–H groups in total. The fourth-order valence-electron chi connectivity index (χ4n) is 8.77. The number of aromatic nitrogens is 4. The first-order valence-corrected chi connectivity index (χ1v) is 18.7. The maximum atomic E-state index is 6.26. The second-order valence-electron chi connectivity index (χ2n) is 16.2. The van der Waals surface area contributed by atoms with Gasteiger partial charge in [0, 0.05) is 49.8 Å². The standard InChI is InChI=1S/C49H44N4O/c1-9-10-22-34-30(2)53(40-29-39-38(28-37(34)40)47(3,4)49(7,8)48(39,5)6)33-21-16-20-32(27-33)45-50-44(31-18-12-11-13-19-31)51-46(52-45)36-24-17-26-42-43(36)35-23-14-15-25-41(35)54-42/h9-29H,1H2,2-8H3/b22-10-. The van der Waals surface area contributed by atoms with E-state index in [1.165, 1.54) is 33.3 Å². The summed E-state index contributed by atoms with van der Waals surface area (Å²) in [5.41, 5.74) is 11.8. The van der Waals surface area contributed by atoms with Crippen molar-refractivity contribution in [3.05, 3.63) is 150 Å². The topological polar surface area (TPSA) is 56.7 Å². The Balaban J connectivity index is 1.27. The lowest BCUT2D eigenvalue weighted by Gasteiger charge is -2.44.